The minimum atomic E-state index is -4.53. The van der Waals surface area contributed by atoms with Gasteiger partial charge in [-0.25, -0.2) is 0 Å². The van der Waals surface area contributed by atoms with Gasteiger partial charge >= 0.3 is 6.18 Å². The average molecular weight is 250 g/mol. The van der Waals surface area contributed by atoms with Crippen LogP contribution >= 0.6 is 24.0 Å². The van der Waals surface area contributed by atoms with Crippen molar-refractivity contribution in [3.63, 3.8) is 0 Å². The number of nitrogens with zero attached hydrogens (tertiary/aromatic N) is 2. The van der Waals surface area contributed by atoms with Gasteiger partial charge in [0.25, 0.3) is 0 Å². The molecule has 0 saturated heterocycles. The molecule has 0 amide bonds. The predicted octanol–water partition coefficient (Wildman–Crippen LogP) is 1.97. The maximum Gasteiger partial charge on any atom is 0.436 e. The summed E-state index contributed by atoms with van der Waals surface area (Å²) in [5, 5.41) is 2.81. The van der Waals surface area contributed by atoms with Crippen molar-refractivity contribution < 1.29 is 13.2 Å². The molecular weight excluding hydrogens is 242 g/mol. The molecule has 0 spiro atoms. The molecule has 14 heavy (non-hydrogen) atoms. The molecule has 0 fully saturated rings. The SMILES string of the molecule is Cl.Cn1nc(C(F)(F)F)c(Cl)c1CN. The molecule has 0 aliphatic carbocycles. The summed E-state index contributed by atoms with van der Waals surface area (Å²) in [5.41, 5.74) is 4.28. The van der Waals surface area contributed by atoms with Crippen molar-refractivity contribution in [3.05, 3.63) is 16.4 Å². The third kappa shape index (κ3) is 2.31. The van der Waals surface area contributed by atoms with Crippen LogP contribution in [0.4, 0.5) is 13.2 Å². The van der Waals surface area contributed by atoms with Gasteiger partial charge < -0.3 is 5.73 Å². The zero-order valence-electron chi connectivity index (χ0n) is 7.10. The van der Waals surface area contributed by atoms with E-state index in [-0.39, 0.29) is 24.6 Å². The lowest BCUT2D eigenvalue weighted by molar-refractivity contribution is -0.141. The minimum absolute atomic E-state index is 0. The molecule has 8 heteroatoms. The zero-order valence-corrected chi connectivity index (χ0v) is 8.67. The quantitative estimate of drug-likeness (QED) is 0.828. The standard InChI is InChI=1S/C6H7ClF3N3.ClH/c1-13-3(2-11)4(7)5(12-13)6(8,9)10;/h2,11H2,1H3;1H. The van der Waals surface area contributed by atoms with E-state index >= 15 is 0 Å². The van der Waals surface area contributed by atoms with Gasteiger partial charge in [0, 0.05) is 13.6 Å². The Balaban J connectivity index is 0.00000169. The molecule has 0 bridgehead atoms. The molecule has 3 nitrogen and oxygen atoms in total. The molecule has 0 unspecified atom stereocenters. The highest BCUT2D eigenvalue weighted by Gasteiger charge is 2.38. The number of halogens is 5. The number of aromatic nitrogens is 2. The van der Waals surface area contributed by atoms with E-state index in [1.165, 1.54) is 7.05 Å². The summed E-state index contributed by atoms with van der Waals surface area (Å²) in [5.74, 6) is 0. The fraction of sp³-hybridized carbons (Fsp3) is 0.500. The lowest BCUT2D eigenvalue weighted by atomic mass is 10.3. The van der Waals surface area contributed by atoms with Crippen LogP contribution in [0.25, 0.3) is 0 Å². The maximum absolute atomic E-state index is 12.2. The molecule has 1 rings (SSSR count). The monoisotopic (exact) mass is 249 g/mol. The minimum Gasteiger partial charge on any atom is -0.325 e. The molecule has 0 saturated carbocycles. The maximum atomic E-state index is 12.2. The third-order valence-electron chi connectivity index (χ3n) is 1.56. The normalized spacial score (nSPS) is 11.3. The Morgan fingerprint density at radius 3 is 2.21 bits per heavy atom. The first kappa shape index (κ1) is 13.5. The lowest BCUT2D eigenvalue weighted by Gasteiger charge is -2.01. The van der Waals surface area contributed by atoms with Gasteiger partial charge in [0.2, 0.25) is 0 Å². The Bertz CT molecular complexity index is 321. The molecule has 0 aliphatic heterocycles. The van der Waals surface area contributed by atoms with Crippen LogP contribution in [-0.4, -0.2) is 9.78 Å². The summed E-state index contributed by atoms with van der Waals surface area (Å²) in [6, 6.07) is 0. The Hall–Kier alpha value is -0.460. The van der Waals surface area contributed by atoms with Gasteiger partial charge in [-0.1, -0.05) is 11.6 Å². The van der Waals surface area contributed by atoms with E-state index in [4.69, 9.17) is 17.3 Å². The number of rotatable bonds is 1. The molecule has 1 heterocycles. The first-order valence-electron chi connectivity index (χ1n) is 3.36. The number of aryl methyl sites for hydroxylation is 1. The van der Waals surface area contributed by atoms with E-state index in [0.29, 0.717) is 0 Å². The van der Waals surface area contributed by atoms with E-state index in [9.17, 15) is 13.2 Å². The Kier molecular flexibility index (Phi) is 4.23. The van der Waals surface area contributed by atoms with Crippen molar-refractivity contribution >= 4 is 24.0 Å². The second-order valence-corrected chi connectivity index (χ2v) is 2.81. The van der Waals surface area contributed by atoms with Crippen LogP contribution in [0.2, 0.25) is 5.02 Å². The van der Waals surface area contributed by atoms with Crippen molar-refractivity contribution in [2.45, 2.75) is 12.7 Å². The summed E-state index contributed by atoms with van der Waals surface area (Å²) in [7, 11) is 1.36. The second-order valence-electron chi connectivity index (χ2n) is 2.43. The van der Waals surface area contributed by atoms with Crippen molar-refractivity contribution in [1.82, 2.24) is 9.78 Å². The average Bonchev–Trinajstić information content (AvgIpc) is 2.25. The number of hydrogen-bond acceptors (Lipinski definition) is 2. The van der Waals surface area contributed by atoms with Crippen molar-refractivity contribution in [3.8, 4) is 0 Å². The molecule has 2 N–H and O–H groups in total. The molecule has 0 aromatic carbocycles. The summed E-state index contributed by atoms with van der Waals surface area (Å²) in [6.07, 6.45) is -4.53. The first-order chi connectivity index (χ1) is 5.88. The Morgan fingerprint density at radius 2 is 2.00 bits per heavy atom. The van der Waals surface area contributed by atoms with E-state index in [1.54, 1.807) is 0 Å². The summed E-state index contributed by atoms with van der Waals surface area (Å²) >= 11 is 5.43. The van der Waals surface area contributed by atoms with Crippen LogP contribution in [0.5, 0.6) is 0 Å². The first-order valence-corrected chi connectivity index (χ1v) is 3.74. The van der Waals surface area contributed by atoms with Gasteiger partial charge in [0.15, 0.2) is 5.69 Å². The second kappa shape index (κ2) is 4.37. The van der Waals surface area contributed by atoms with Crippen molar-refractivity contribution in [2.75, 3.05) is 0 Å². The highest BCUT2D eigenvalue weighted by molar-refractivity contribution is 6.32. The van der Waals surface area contributed by atoms with Gasteiger partial charge in [0.1, 0.15) is 0 Å². The van der Waals surface area contributed by atoms with Crippen molar-refractivity contribution in [2.24, 2.45) is 12.8 Å². The Morgan fingerprint density at radius 1 is 1.50 bits per heavy atom. The largest absolute Gasteiger partial charge is 0.436 e. The van der Waals surface area contributed by atoms with E-state index in [1.807, 2.05) is 0 Å². The van der Waals surface area contributed by atoms with E-state index in [0.717, 1.165) is 4.68 Å². The van der Waals surface area contributed by atoms with Gasteiger partial charge in [-0.05, 0) is 0 Å². The summed E-state index contributed by atoms with van der Waals surface area (Å²) in [6.45, 7) is -0.0710. The van der Waals surface area contributed by atoms with E-state index < -0.39 is 16.9 Å². The number of hydrogen-bond donors (Lipinski definition) is 1. The molecule has 1 aromatic rings. The lowest BCUT2D eigenvalue weighted by Crippen LogP contribution is -2.07. The van der Waals surface area contributed by atoms with Gasteiger partial charge in [-0.2, -0.15) is 18.3 Å². The summed E-state index contributed by atoms with van der Waals surface area (Å²) < 4.78 is 37.6. The van der Waals surface area contributed by atoms with Crippen LogP contribution < -0.4 is 5.73 Å². The predicted molar refractivity (Wildman–Crippen MR) is 48.4 cm³/mol. The highest BCUT2D eigenvalue weighted by atomic mass is 35.5. The number of alkyl halides is 3. The fourth-order valence-electron chi connectivity index (χ4n) is 0.936. The highest BCUT2D eigenvalue weighted by Crippen LogP contribution is 2.34. The van der Waals surface area contributed by atoms with E-state index in [2.05, 4.69) is 5.10 Å². The summed E-state index contributed by atoms with van der Waals surface area (Å²) in [4.78, 5) is 0. The fourth-order valence-corrected chi connectivity index (χ4v) is 1.28. The van der Waals surface area contributed by atoms with Gasteiger partial charge in [-0.15, -0.1) is 12.4 Å². The molecular formula is C6H8Cl2F3N3. The van der Waals surface area contributed by atoms with Crippen LogP contribution in [0.15, 0.2) is 0 Å². The van der Waals surface area contributed by atoms with Crippen molar-refractivity contribution in [1.29, 1.82) is 0 Å². The molecule has 0 radical (unpaired) electrons. The Labute approximate surface area is 89.4 Å². The van der Waals surface area contributed by atoms with Gasteiger partial charge in [0.05, 0.1) is 10.7 Å². The van der Waals surface area contributed by atoms with Gasteiger partial charge in [-0.3, -0.25) is 4.68 Å². The third-order valence-corrected chi connectivity index (χ3v) is 1.96. The zero-order chi connectivity index (χ0) is 10.2. The molecule has 82 valence electrons. The van der Waals surface area contributed by atoms with Crippen LogP contribution in [0.3, 0.4) is 0 Å². The van der Waals surface area contributed by atoms with Crippen LogP contribution in [0, 0.1) is 0 Å². The van der Waals surface area contributed by atoms with Crippen LogP contribution in [0.1, 0.15) is 11.4 Å². The molecule has 0 aliphatic rings. The molecule has 1 aromatic heterocycles. The topological polar surface area (TPSA) is 43.8 Å². The molecule has 0 atom stereocenters. The smallest absolute Gasteiger partial charge is 0.325 e. The number of nitrogens with two attached hydrogens (primary N) is 1. The van der Waals surface area contributed by atoms with Crippen LogP contribution in [-0.2, 0) is 19.8 Å².